The van der Waals surface area contributed by atoms with Crippen LogP contribution in [0.5, 0.6) is 5.75 Å². The van der Waals surface area contributed by atoms with Gasteiger partial charge in [-0.1, -0.05) is 51.1 Å². The van der Waals surface area contributed by atoms with Crippen molar-refractivity contribution in [1.29, 1.82) is 0 Å². The van der Waals surface area contributed by atoms with E-state index in [4.69, 9.17) is 17.0 Å². The molecule has 2 aromatic rings. The number of amides is 2. The zero-order valence-corrected chi connectivity index (χ0v) is 16.4. The summed E-state index contributed by atoms with van der Waals surface area (Å²) < 4.78 is 5.31. The third-order valence-electron chi connectivity index (χ3n) is 3.67. The van der Waals surface area contributed by atoms with E-state index in [1.165, 1.54) is 0 Å². The van der Waals surface area contributed by atoms with E-state index >= 15 is 0 Å². The molecule has 2 aromatic carbocycles. The van der Waals surface area contributed by atoms with Gasteiger partial charge in [-0.05, 0) is 47.5 Å². The van der Waals surface area contributed by atoms with Crippen LogP contribution < -0.4 is 20.9 Å². The van der Waals surface area contributed by atoms with Gasteiger partial charge in [0.2, 0.25) is 0 Å². The monoisotopic (exact) mass is 385 g/mol. The van der Waals surface area contributed by atoms with Crippen LogP contribution in [0.4, 0.5) is 0 Å². The molecule has 0 saturated heterocycles. The summed E-state index contributed by atoms with van der Waals surface area (Å²) >= 11 is 5.01. The summed E-state index contributed by atoms with van der Waals surface area (Å²) in [6.45, 7) is 6.13. The predicted octanol–water partition coefficient (Wildman–Crippen LogP) is 2.70. The second kappa shape index (κ2) is 9.14. The van der Waals surface area contributed by atoms with Gasteiger partial charge in [0.15, 0.2) is 11.7 Å². The smallest absolute Gasteiger partial charge is 0.276 e. The lowest BCUT2D eigenvalue weighted by Crippen LogP contribution is -2.49. The molecule has 2 rings (SSSR count). The molecular formula is C20H23N3O3S. The Bertz CT molecular complexity index is 799. The van der Waals surface area contributed by atoms with Crippen molar-refractivity contribution in [2.75, 3.05) is 6.61 Å². The van der Waals surface area contributed by atoms with Crippen molar-refractivity contribution in [3.63, 3.8) is 0 Å². The molecule has 0 heterocycles. The Balaban J connectivity index is 1.76. The highest BCUT2D eigenvalue weighted by molar-refractivity contribution is 7.80. The number of rotatable bonds is 4. The molecule has 0 spiro atoms. The highest BCUT2D eigenvalue weighted by atomic mass is 32.1. The van der Waals surface area contributed by atoms with Crippen molar-refractivity contribution in [1.82, 2.24) is 16.2 Å². The fourth-order valence-corrected chi connectivity index (χ4v) is 2.30. The summed E-state index contributed by atoms with van der Waals surface area (Å²) in [4.78, 5) is 23.9. The Labute approximate surface area is 164 Å². The molecule has 0 aromatic heterocycles. The number of ether oxygens (including phenoxy) is 1. The number of hydrazine groups is 1. The molecule has 2 amide bonds. The van der Waals surface area contributed by atoms with Gasteiger partial charge in [-0.25, -0.2) is 0 Å². The van der Waals surface area contributed by atoms with Gasteiger partial charge in [0.25, 0.3) is 11.8 Å². The molecule has 0 aliphatic carbocycles. The average Bonchev–Trinajstić information content (AvgIpc) is 2.65. The summed E-state index contributed by atoms with van der Waals surface area (Å²) in [7, 11) is 0. The summed E-state index contributed by atoms with van der Waals surface area (Å²) in [5.41, 5.74) is 6.46. The molecule has 0 radical (unpaired) electrons. The molecular weight excluding hydrogens is 362 g/mol. The Hall–Kier alpha value is -2.93. The number of para-hydroxylation sites is 1. The van der Waals surface area contributed by atoms with Gasteiger partial charge >= 0.3 is 0 Å². The first-order valence-electron chi connectivity index (χ1n) is 8.44. The molecule has 0 aliphatic rings. The minimum atomic E-state index is -0.426. The van der Waals surface area contributed by atoms with Crippen LogP contribution >= 0.6 is 12.2 Å². The first-order chi connectivity index (χ1) is 12.8. The summed E-state index contributed by atoms with van der Waals surface area (Å²) in [6.07, 6.45) is 0. The van der Waals surface area contributed by atoms with Crippen LogP contribution in [0.3, 0.4) is 0 Å². The minimum absolute atomic E-state index is 0.00652. The van der Waals surface area contributed by atoms with Crippen molar-refractivity contribution < 1.29 is 14.3 Å². The van der Waals surface area contributed by atoms with Crippen molar-refractivity contribution in [2.24, 2.45) is 0 Å². The maximum Gasteiger partial charge on any atom is 0.276 e. The topological polar surface area (TPSA) is 79.5 Å². The highest BCUT2D eigenvalue weighted by Gasteiger charge is 2.15. The molecule has 0 bridgehead atoms. The van der Waals surface area contributed by atoms with Crippen LogP contribution in [-0.4, -0.2) is 23.5 Å². The first-order valence-corrected chi connectivity index (χ1v) is 8.85. The first kappa shape index (κ1) is 20.4. The van der Waals surface area contributed by atoms with Crippen LogP contribution in [0.1, 0.15) is 36.7 Å². The molecule has 142 valence electrons. The lowest BCUT2D eigenvalue weighted by atomic mass is 9.87. The van der Waals surface area contributed by atoms with Gasteiger partial charge in [0.05, 0.1) is 0 Å². The fraction of sp³-hybridized carbons (Fsp3) is 0.250. The summed E-state index contributed by atoms with van der Waals surface area (Å²) in [5.74, 6) is -0.199. The molecule has 0 saturated carbocycles. The maximum atomic E-state index is 12.2. The summed E-state index contributed by atoms with van der Waals surface area (Å²) in [6, 6.07) is 16.3. The number of hydrogen-bond acceptors (Lipinski definition) is 4. The third kappa shape index (κ3) is 6.71. The minimum Gasteiger partial charge on any atom is -0.484 e. The normalized spacial score (nSPS) is 10.6. The van der Waals surface area contributed by atoms with Crippen LogP contribution in [0.25, 0.3) is 0 Å². The third-order valence-corrected chi connectivity index (χ3v) is 3.87. The van der Waals surface area contributed by atoms with E-state index in [2.05, 4.69) is 36.9 Å². The molecule has 0 unspecified atom stereocenters. The van der Waals surface area contributed by atoms with E-state index in [0.29, 0.717) is 11.3 Å². The number of carbonyl (C=O) groups excluding carboxylic acids is 2. The molecule has 6 nitrogen and oxygen atoms in total. The lowest BCUT2D eigenvalue weighted by molar-refractivity contribution is -0.123. The van der Waals surface area contributed by atoms with Crippen molar-refractivity contribution >= 4 is 29.1 Å². The van der Waals surface area contributed by atoms with Crippen molar-refractivity contribution in [3.05, 3.63) is 65.7 Å². The van der Waals surface area contributed by atoms with Gasteiger partial charge in [-0.15, -0.1) is 0 Å². The largest absolute Gasteiger partial charge is 0.484 e. The van der Waals surface area contributed by atoms with Crippen LogP contribution in [0, 0.1) is 0 Å². The second-order valence-corrected chi connectivity index (χ2v) is 7.29. The van der Waals surface area contributed by atoms with E-state index in [1.807, 2.05) is 30.3 Å². The van der Waals surface area contributed by atoms with E-state index in [1.54, 1.807) is 24.3 Å². The average molecular weight is 385 g/mol. The van der Waals surface area contributed by atoms with Gasteiger partial charge in [-0.2, -0.15) is 0 Å². The number of thiocarbonyl (C=S) groups is 1. The molecule has 7 heteroatoms. The molecule has 0 fully saturated rings. The molecule has 27 heavy (non-hydrogen) atoms. The number of benzene rings is 2. The predicted molar refractivity (Wildman–Crippen MR) is 108 cm³/mol. The Morgan fingerprint density at radius 3 is 2.19 bits per heavy atom. The van der Waals surface area contributed by atoms with Crippen LogP contribution in [0.15, 0.2) is 54.6 Å². The van der Waals surface area contributed by atoms with E-state index < -0.39 is 5.91 Å². The van der Waals surface area contributed by atoms with Crippen LogP contribution in [-0.2, 0) is 10.2 Å². The van der Waals surface area contributed by atoms with E-state index in [9.17, 15) is 9.59 Å². The van der Waals surface area contributed by atoms with E-state index in [0.717, 1.165) is 5.56 Å². The molecule has 0 aliphatic heterocycles. The van der Waals surface area contributed by atoms with Crippen molar-refractivity contribution in [3.8, 4) is 5.75 Å². The lowest BCUT2D eigenvalue weighted by Gasteiger charge is -2.19. The van der Waals surface area contributed by atoms with Gasteiger partial charge in [0.1, 0.15) is 5.75 Å². The Morgan fingerprint density at radius 1 is 0.963 bits per heavy atom. The second-order valence-electron chi connectivity index (χ2n) is 6.89. The Kier molecular flexibility index (Phi) is 6.90. The molecule has 0 atom stereocenters. The Morgan fingerprint density at radius 2 is 1.59 bits per heavy atom. The van der Waals surface area contributed by atoms with Crippen molar-refractivity contribution in [2.45, 2.75) is 26.2 Å². The maximum absolute atomic E-state index is 12.2. The number of carbonyl (C=O) groups is 2. The fourth-order valence-electron chi connectivity index (χ4n) is 2.16. The quantitative estimate of drug-likeness (QED) is 0.557. The van der Waals surface area contributed by atoms with Gasteiger partial charge in [0, 0.05) is 5.56 Å². The zero-order chi connectivity index (χ0) is 19.9. The SMILES string of the molecule is CC(C)(C)c1ccc(C(=O)NC(=S)NNC(=O)COc2ccccc2)cc1. The zero-order valence-electron chi connectivity index (χ0n) is 15.5. The molecule has 3 N–H and O–H groups in total. The van der Waals surface area contributed by atoms with Crippen LogP contribution in [0.2, 0.25) is 0 Å². The van der Waals surface area contributed by atoms with E-state index in [-0.39, 0.29) is 23.0 Å². The standard InChI is InChI=1S/C20H23N3O3S/c1-20(2,3)15-11-9-14(10-12-15)18(25)21-19(27)23-22-17(24)13-26-16-7-5-4-6-8-16/h4-12H,13H2,1-3H3,(H,22,24)(H2,21,23,25,27). The highest BCUT2D eigenvalue weighted by Crippen LogP contribution is 2.22. The number of nitrogens with one attached hydrogen (secondary N) is 3. The summed E-state index contributed by atoms with van der Waals surface area (Å²) in [5, 5.41) is 2.50. The number of hydrogen-bond donors (Lipinski definition) is 3. The van der Waals surface area contributed by atoms with Gasteiger partial charge < -0.3 is 4.74 Å². The van der Waals surface area contributed by atoms with Gasteiger partial charge in [-0.3, -0.25) is 25.8 Å².